The Hall–Kier alpha value is -3.84. The van der Waals surface area contributed by atoms with Crippen LogP contribution in [0.5, 0.6) is 0 Å². The zero-order valence-corrected chi connectivity index (χ0v) is 15.9. The lowest BCUT2D eigenvalue weighted by molar-refractivity contribution is 1.59. The van der Waals surface area contributed by atoms with E-state index in [0.717, 1.165) is 11.4 Å². The Morgan fingerprint density at radius 2 is 0.759 bits per heavy atom. The van der Waals surface area contributed by atoms with Crippen LogP contribution in [-0.2, 0) is 0 Å². The van der Waals surface area contributed by atoms with Gasteiger partial charge in [0.25, 0.3) is 0 Å². The van der Waals surface area contributed by atoms with Crippen molar-refractivity contribution >= 4 is 54.5 Å². The van der Waals surface area contributed by atoms with E-state index in [1.165, 1.54) is 43.1 Å². The van der Waals surface area contributed by atoms with Crippen LogP contribution in [0.4, 0.5) is 11.4 Å². The fraction of sp³-hybridized carbons (Fsp3) is 0. The summed E-state index contributed by atoms with van der Waals surface area (Å²) in [5.41, 5.74) is 2.21. The van der Waals surface area contributed by atoms with Crippen LogP contribution in [0.15, 0.2) is 109 Å². The Bertz CT molecular complexity index is 1410. The smallest absolute Gasteiger partial charge is 0.0390 e. The number of nitrogens with one attached hydrogen (secondary N) is 1. The average Bonchev–Trinajstić information content (AvgIpc) is 2.78. The molecule has 6 aromatic rings. The third-order valence-electron chi connectivity index (χ3n) is 5.78. The van der Waals surface area contributed by atoms with Crippen LogP contribution >= 0.6 is 0 Å². The topological polar surface area (TPSA) is 12.0 Å². The first-order valence-electron chi connectivity index (χ1n) is 9.95. The lowest BCUT2D eigenvalue weighted by Gasteiger charge is -2.11. The highest BCUT2D eigenvalue weighted by atomic mass is 14.9. The van der Waals surface area contributed by atoms with Gasteiger partial charge in [0, 0.05) is 11.4 Å². The van der Waals surface area contributed by atoms with Gasteiger partial charge in [0.1, 0.15) is 0 Å². The van der Waals surface area contributed by atoms with Gasteiger partial charge in [0.15, 0.2) is 0 Å². The van der Waals surface area contributed by atoms with E-state index >= 15 is 0 Å². The molecule has 0 saturated heterocycles. The van der Waals surface area contributed by atoms with Crippen LogP contribution in [0.25, 0.3) is 43.1 Å². The summed E-state index contributed by atoms with van der Waals surface area (Å²) >= 11 is 0. The van der Waals surface area contributed by atoms with E-state index in [1.54, 1.807) is 0 Å². The van der Waals surface area contributed by atoms with E-state index in [0.29, 0.717) is 0 Å². The highest BCUT2D eigenvalue weighted by molar-refractivity contribution is 6.09. The van der Waals surface area contributed by atoms with Gasteiger partial charge in [-0.1, -0.05) is 84.9 Å². The lowest BCUT2D eigenvalue weighted by Crippen LogP contribution is -1.90. The molecule has 1 N–H and O–H groups in total. The first kappa shape index (κ1) is 16.1. The van der Waals surface area contributed by atoms with E-state index in [9.17, 15) is 0 Å². The highest BCUT2D eigenvalue weighted by Gasteiger charge is 2.04. The van der Waals surface area contributed by atoms with Crippen LogP contribution < -0.4 is 5.32 Å². The van der Waals surface area contributed by atoms with Gasteiger partial charge in [-0.2, -0.15) is 0 Å². The maximum absolute atomic E-state index is 3.58. The summed E-state index contributed by atoms with van der Waals surface area (Å²) in [7, 11) is 0. The van der Waals surface area contributed by atoms with Gasteiger partial charge >= 0.3 is 0 Å². The monoisotopic (exact) mass is 369 g/mol. The SMILES string of the molecule is c1ccc2c(c1)ccc1cc(Nc3ccc4c(ccc5ccccc54)c3)ccc12. The fourth-order valence-electron chi connectivity index (χ4n) is 4.35. The van der Waals surface area contributed by atoms with Crippen LogP contribution in [0, 0.1) is 0 Å². The molecule has 0 aliphatic carbocycles. The minimum Gasteiger partial charge on any atom is -0.355 e. The third-order valence-corrected chi connectivity index (χ3v) is 5.78. The molecule has 0 atom stereocenters. The van der Waals surface area contributed by atoms with Crippen LogP contribution in [0.2, 0.25) is 0 Å². The third kappa shape index (κ3) is 2.71. The Morgan fingerprint density at radius 1 is 0.345 bits per heavy atom. The molecule has 0 unspecified atom stereocenters. The van der Waals surface area contributed by atoms with E-state index in [-0.39, 0.29) is 0 Å². The molecule has 0 amide bonds. The van der Waals surface area contributed by atoms with Crippen molar-refractivity contribution in [1.82, 2.24) is 0 Å². The van der Waals surface area contributed by atoms with Crippen molar-refractivity contribution in [1.29, 1.82) is 0 Å². The maximum Gasteiger partial charge on any atom is 0.0390 e. The predicted octanol–water partition coefficient (Wildman–Crippen LogP) is 8.04. The molecule has 0 aromatic heterocycles. The second-order valence-electron chi connectivity index (χ2n) is 7.57. The van der Waals surface area contributed by atoms with Crippen LogP contribution in [-0.4, -0.2) is 0 Å². The van der Waals surface area contributed by atoms with Gasteiger partial charge in [-0.25, -0.2) is 0 Å². The molecule has 136 valence electrons. The zero-order valence-electron chi connectivity index (χ0n) is 15.9. The average molecular weight is 369 g/mol. The summed E-state index contributed by atoms with van der Waals surface area (Å²) in [4.78, 5) is 0. The fourth-order valence-corrected chi connectivity index (χ4v) is 4.35. The number of benzene rings is 6. The number of fused-ring (bicyclic) bond motifs is 6. The van der Waals surface area contributed by atoms with Crippen LogP contribution in [0.1, 0.15) is 0 Å². The van der Waals surface area contributed by atoms with Gasteiger partial charge in [0.05, 0.1) is 0 Å². The first-order valence-corrected chi connectivity index (χ1v) is 9.95. The van der Waals surface area contributed by atoms with Gasteiger partial charge < -0.3 is 5.32 Å². The first-order chi connectivity index (χ1) is 14.3. The molecule has 29 heavy (non-hydrogen) atoms. The summed E-state index contributed by atoms with van der Waals surface area (Å²) in [5.74, 6) is 0. The summed E-state index contributed by atoms with van der Waals surface area (Å²) in [6, 6.07) is 39.1. The molecule has 0 radical (unpaired) electrons. The number of hydrogen-bond donors (Lipinski definition) is 1. The van der Waals surface area contributed by atoms with E-state index in [2.05, 4.69) is 115 Å². The normalized spacial score (nSPS) is 11.4. The Morgan fingerprint density at radius 3 is 1.28 bits per heavy atom. The molecular weight excluding hydrogens is 350 g/mol. The number of rotatable bonds is 2. The van der Waals surface area contributed by atoms with Crippen LogP contribution in [0.3, 0.4) is 0 Å². The molecule has 1 heteroatoms. The van der Waals surface area contributed by atoms with Crippen molar-refractivity contribution in [3.63, 3.8) is 0 Å². The van der Waals surface area contributed by atoms with E-state index < -0.39 is 0 Å². The minimum atomic E-state index is 1.10. The summed E-state index contributed by atoms with van der Waals surface area (Å²) in [6.07, 6.45) is 0. The largest absolute Gasteiger partial charge is 0.355 e. The van der Waals surface area contributed by atoms with Gasteiger partial charge in [-0.15, -0.1) is 0 Å². The molecule has 0 heterocycles. The molecule has 0 spiro atoms. The number of hydrogen-bond acceptors (Lipinski definition) is 1. The summed E-state index contributed by atoms with van der Waals surface area (Å²) < 4.78 is 0. The summed E-state index contributed by atoms with van der Waals surface area (Å²) in [6.45, 7) is 0. The highest BCUT2D eigenvalue weighted by Crippen LogP contribution is 2.31. The number of anilines is 2. The van der Waals surface area contributed by atoms with Gasteiger partial charge in [0.2, 0.25) is 0 Å². The standard InChI is InChI=1S/C28H19N/c1-3-7-25-19(5-1)9-11-21-17-23(13-15-27(21)25)29-24-14-16-28-22(18-24)12-10-20-6-2-4-8-26(20)28/h1-18,29H. The van der Waals surface area contributed by atoms with Crippen molar-refractivity contribution in [3.8, 4) is 0 Å². The second-order valence-corrected chi connectivity index (χ2v) is 7.57. The zero-order chi connectivity index (χ0) is 19.2. The molecule has 0 fully saturated rings. The van der Waals surface area contributed by atoms with Crippen molar-refractivity contribution in [2.24, 2.45) is 0 Å². The summed E-state index contributed by atoms with van der Waals surface area (Å²) in [5, 5.41) is 13.8. The molecule has 1 nitrogen and oxygen atoms in total. The molecule has 6 rings (SSSR count). The molecule has 0 saturated carbocycles. The van der Waals surface area contributed by atoms with Crippen molar-refractivity contribution in [3.05, 3.63) is 109 Å². The molecule has 0 bridgehead atoms. The van der Waals surface area contributed by atoms with Gasteiger partial charge in [-0.05, 0) is 67.4 Å². The minimum absolute atomic E-state index is 1.10. The molecule has 6 aromatic carbocycles. The Kier molecular flexibility index (Phi) is 3.54. The quantitative estimate of drug-likeness (QED) is 0.304. The van der Waals surface area contributed by atoms with E-state index in [1.807, 2.05) is 0 Å². The maximum atomic E-state index is 3.58. The van der Waals surface area contributed by atoms with E-state index in [4.69, 9.17) is 0 Å². The Balaban J connectivity index is 1.41. The Labute approximate surface area is 169 Å². The molecule has 0 aliphatic rings. The lowest BCUT2D eigenvalue weighted by atomic mass is 10.0. The molecular formula is C28H19N. The predicted molar refractivity (Wildman–Crippen MR) is 126 cm³/mol. The van der Waals surface area contributed by atoms with Gasteiger partial charge in [-0.3, -0.25) is 0 Å². The second kappa shape index (κ2) is 6.35. The molecule has 0 aliphatic heterocycles. The van der Waals surface area contributed by atoms with Crippen molar-refractivity contribution in [2.75, 3.05) is 5.32 Å². The van der Waals surface area contributed by atoms with Crippen molar-refractivity contribution in [2.45, 2.75) is 0 Å². The van der Waals surface area contributed by atoms with Crippen molar-refractivity contribution < 1.29 is 0 Å².